The topological polar surface area (TPSA) is 61.8 Å². The van der Waals surface area contributed by atoms with E-state index in [1.807, 2.05) is 37.6 Å². The molecule has 0 saturated carbocycles. The molecule has 3 heterocycles. The molecule has 0 aliphatic carbocycles. The van der Waals surface area contributed by atoms with Gasteiger partial charge in [-0.05, 0) is 12.1 Å². The van der Waals surface area contributed by atoms with Crippen molar-refractivity contribution in [1.82, 2.24) is 24.6 Å². The van der Waals surface area contributed by atoms with Crippen LogP contribution in [0.2, 0.25) is 0 Å². The van der Waals surface area contributed by atoms with Gasteiger partial charge in [0.15, 0.2) is 5.82 Å². The summed E-state index contributed by atoms with van der Waals surface area (Å²) in [6.07, 6.45) is 4.83. The minimum Gasteiger partial charge on any atom is -0.338 e. The molecule has 1 aromatic carbocycles. The van der Waals surface area contributed by atoms with Gasteiger partial charge < -0.3 is 9.88 Å². The zero-order valence-corrected chi connectivity index (χ0v) is 13.2. The zero-order chi connectivity index (χ0) is 15.6. The maximum absolute atomic E-state index is 4.46. The lowest BCUT2D eigenvalue weighted by Gasteiger charge is -2.26. The minimum atomic E-state index is 0.860. The van der Waals surface area contributed by atoms with Crippen LogP contribution in [0.1, 0.15) is 17.1 Å². The summed E-state index contributed by atoms with van der Waals surface area (Å²) in [6, 6.07) is 10.2. The van der Waals surface area contributed by atoms with E-state index < -0.39 is 0 Å². The molecular formula is C17H20N6. The normalized spacial score (nSPS) is 14.7. The van der Waals surface area contributed by atoms with Gasteiger partial charge in [-0.2, -0.15) is 5.10 Å². The van der Waals surface area contributed by atoms with Crippen LogP contribution in [-0.4, -0.2) is 31.2 Å². The van der Waals surface area contributed by atoms with E-state index in [1.165, 1.54) is 11.3 Å². The van der Waals surface area contributed by atoms with Crippen molar-refractivity contribution in [2.24, 2.45) is 7.05 Å². The number of fused-ring (bicyclic) bond motifs is 1. The Balaban J connectivity index is 1.52. The average Bonchev–Trinajstić information content (AvgIpc) is 3.16. The van der Waals surface area contributed by atoms with Crippen molar-refractivity contribution in [3.05, 3.63) is 59.8 Å². The molecule has 0 bridgehead atoms. The van der Waals surface area contributed by atoms with Gasteiger partial charge in [-0.1, -0.05) is 18.2 Å². The number of anilines is 2. The monoisotopic (exact) mass is 308 g/mol. The SMILES string of the molecule is Cn1ccnc1CN1CCc2[nH]nc(Nc3ccccc3)c2C1. The Bertz CT molecular complexity index is 789. The molecule has 0 unspecified atom stereocenters. The third-order valence-corrected chi connectivity index (χ3v) is 4.34. The molecule has 3 aromatic rings. The van der Waals surface area contributed by atoms with Gasteiger partial charge in [-0.3, -0.25) is 10.00 Å². The maximum atomic E-state index is 4.46. The molecule has 1 aliphatic heterocycles. The van der Waals surface area contributed by atoms with Gasteiger partial charge >= 0.3 is 0 Å². The molecule has 1 aliphatic rings. The van der Waals surface area contributed by atoms with Crippen molar-refractivity contribution in [3.63, 3.8) is 0 Å². The van der Waals surface area contributed by atoms with Gasteiger partial charge in [0.2, 0.25) is 0 Å². The standard InChI is InChI=1S/C17H20N6/c1-22-10-8-18-16(22)12-23-9-7-15-14(11-23)17(21-20-15)19-13-5-3-2-4-6-13/h2-6,8,10H,7,9,11-12H2,1H3,(H2,19,20,21). The van der Waals surface area contributed by atoms with Crippen LogP contribution in [0.3, 0.4) is 0 Å². The van der Waals surface area contributed by atoms with Gasteiger partial charge in [0, 0.05) is 55.9 Å². The minimum absolute atomic E-state index is 0.860. The van der Waals surface area contributed by atoms with E-state index in [9.17, 15) is 0 Å². The average molecular weight is 308 g/mol. The molecule has 23 heavy (non-hydrogen) atoms. The maximum Gasteiger partial charge on any atom is 0.156 e. The molecule has 0 saturated heterocycles. The van der Waals surface area contributed by atoms with Crippen LogP contribution in [0.15, 0.2) is 42.7 Å². The third-order valence-electron chi connectivity index (χ3n) is 4.34. The van der Waals surface area contributed by atoms with E-state index in [0.29, 0.717) is 0 Å². The molecule has 0 radical (unpaired) electrons. The van der Waals surface area contributed by atoms with Crippen molar-refractivity contribution in [1.29, 1.82) is 0 Å². The van der Waals surface area contributed by atoms with E-state index in [1.54, 1.807) is 0 Å². The highest BCUT2D eigenvalue weighted by Crippen LogP contribution is 2.27. The van der Waals surface area contributed by atoms with Gasteiger partial charge in [0.1, 0.15) is 5.82 Å². The van der Waals surface area contributed by atoms with Gasteiger partial charge in [0.25, 0.3) is 0 Å². The number of aromatic amines is 1. The number of para-hydroxylation sites is 1. The fourth-order valence-electron chi connectivity index (χ4n) is 3.00. The zero-order valence-electron chi connectivity index (χ0n) is 13.2. The van der Waals surface area contributed by atoms with E-state index >= 15 is 0 Å². The van der Waals surface area contributed by atoms with E-state index in [2.05, 4.69) is 42.1 Å². The second-order valence-electron chi connectivity index (χ2n) is 5.94. The van der Waals surface area contributed by atoms with Crippen LogP contribution in [0.5, 0.6) is 0 Å². The van der Waals surface area contributed by atoms with Crippen LogP contribution in [0.4, 0.5) is 11.5 Å². The Labute approximate surface area is 135 Å². The Hall–Kier alpha value is -2.60. The number of benzene rings is 1. The number of H-pyrrole nitrogens is 1. The predicted octanol–water partition coefficient (Wildman–Crippen LogP) is 2.45. The van der Waals surface area contributed by atoms with Gasteiger partial charge in [-0.15, -0.1) is 0 Å². The summed E-state index contributed by atoms with van der Waals surface area (Å²) in [7, 11) is 2.04. The molecule has 2 N–H and O–H groups in total. The quantitative estimate of drug-likeness (QED) is 0.777. The highest BCUT2D eigenvalue weighted by Gasteiger charge is 2.23. The Morgan fingerprint density at radius 3 is 2.91 bits per heavy atom. The second-order valence-corrected chi connectivity index (χ2v) is 5.94. The summed E-state index contributed by atoms with van der Waals surface area (Å²) >= 11 is 0. The molecule has 6 heteroatoms. The summed E-state index contributed by atoms with van der Waals surface area (Å²) in [6.45, 7) is 2.76. The molecule has 6 nitrogen and oxygen atoms in total. The Kier molecular flexibility index (Phi) is 3.59. The van der Waals surface area contributed by atoms with Crippen molar-refractivity contribution >= 4 is 11.5 Å². The number of hydrogen-bond acceptors (Lipinski definition) is 4. The Morgan fingerprint density at radius 1 is 1.26 bits per heavy atom. The summed E-state index contributed by atoms with van der Waals surface area (Å²) in [5.74, 6) is 2.02. The van der Waals surface area contributed by atoms with E-state index in [4.69, 9.17) is 0 Å². The fourth-order valence-corrected chi connectivity index (χ4v) is 3.00. The lowest BCUT2D eigenvalue weighted by molar-refractivity contribution is 0.237. The lowest BCUT2D eigenvalue weighted by Crippen LogP contribution is -2.31. The summed E-state index contributed by atoms with van der Waals surface area (Å²) in [5.41, 5.74) is 3.55. The van der Waals surface area contributed by atoms with Crippen LogP contribution in [0.25, 0.3) is 0 Å². The largest absolute Gasteiger partial charge is 0.338 e. The molecule has 2 aromatic heterocycles. The number of aromatic nitrogens is 4. The first-order chi connectivity index (χ1) is 11.3. The van der Waals surface area contributed by atoms with Crippen molar-refractivity contribution < 1.29 is 0 Å². The first kappa shape index (κ1) is 14.0. The summed E-state index contributed by atoms with van der Waals surface area (Å²) < 4.78 is 2.08. The lowest BCUT2D eigenvalue weighted by atomic mass is 10.1. The van der Waals surface area contributed by atoms with Crippen molar-refractivity contribution in [2.75, 3.05) is 11.9 Å². The molecule has 0 atom stereocenters. The van der Waals surface area contributed by atoms with Gasteiger partial charge in [0.05, 0.1) is 6.54 Å². The van der Waals surface area contributed by atoms with Crippen LogP contribution >= 0.6 is 0 Å². The highest BCUT2D eigenvalue weighted by molar-refractivity contribution is 5.60. The summed E-state index contributed by atoms with van der Waals surface area (Å²) in [4.78, 5) is 6.84. The van der Waals surface area contributed by atoms with E-state index in [-0.39, 0.29) is 0 Å². The van der Waals surface area contributed by atoms with Crippen LogP contribution in [0, 0.1) is 0 Å². The number of nitrogens with zero attached hydrogens (tertiary/aromatic N) is 4. The Morgan fingerprint density at radius 2 is 2.13 bits per heavy atom. The fraction of sp³-hybridized carbons (Fsp3) is 0.294. The molecular weight excluding hydrogens is 288 g/mol. The van der Waals surface area contributed by atoms with E-state index in [0.717, 1.165) is 43.4 Å². The number of rotatable bonds is 4. The molecule has 0 fully saturated rings. The second kappa shape index (κ2) is 5.89. The number of imidazole rings is 1. The van der Waals surface area contributed by atoms with Crippen molar-refractivity contribution in [3.8, 4) is 0 Å². The molecule has 0 spiro atoms. The summed E-state index contributed by atoms with van der Waals surface area (Å²) in [5, 5.41) is 11.0. The van der Waals surface area contributed by atoms with Crippen molar-refractivity contribution in [2.45, 2.75) is 19.5 Å². The first-order valence-electron chi connectivity index (χ1n) is 7.86. The predicted molar refractivity (Wildman–Crippen MR) is 89.3 cm³/mol. The third kappa shape index (κ3) is 2.85. The smallest absolute Gasteiger partial charge is 0.156 e. The number of nitrogens with one attached hydrogen (secondary N) is 2. The first-order valence-corrected chi connectivity index (χ1v) is 7.86. The molecule has 0 amide bonds. The molecule has 4 rings (SSSR count). The number of hydrogen-bond donors (Lipinski definition) is 2. The molecule has 118 valence electrons. The number of aryl methyl sites for hydroxylation is 1. The highest BCUT2D eigenvalue weighted by atomic mass is 15.2. The van der Waals surface area contributed by atoms with Crippen LogP contribution < -0.4 is 5.32 Å². The van der Waals surface area contributed by atoms with Crippen LogP contribution in [-0.2, 0) is 26.6 Å². The van der Waals surface area contributed by atoms with Gasteiger partial charge in [-0.25, -0.2) is 4.98 Å².